The second-order valence-electron chi connectivity index (χ2n) is 5.05. The Morgan fingerprint density at radius 2 is 2.22 bits per heavy atom. The first kappa shape index (κ1) is 11.5. The summed E-state index contributed by atoms with van der Waals surface area (Å²) in [6, 6.07) is 7.77. The van der Waals surface area contributed by atoms with Gasteiger partial charge in [0.05, 0.1) is 18.2 Å². The van der Waals surface area contributed by atoms with Crippen molar-refractivity contribution in [1.82, 2.24) is 5.32 Å². The lowest BCUT2D eigenvalue weighted by molar-refractivity contribution is -0.123. The number of nitrogens with zero attached hydrogens (tertiary/aromatic N) is 1. The highest BCUT2D eigenvalue weighted by molar-refractivity contribution is 5.97. The standard InChI is InChI=1S/C14H18N2O2/c1-10-8-15-9-11(10)14(17)16-6-7-18-13-5-3-2-4-12(13)16/h2-5,10-11,15H,6-9H2,1H3/t10-,11-/m1/s1. The SMILES string of the molecule is C[C@@H]1CNC[C@H]1C(=O)N1CCOc2ccccc21. The monoisotopic (exact) mass is 246 g/mol. The molecule has 1 aromatic rings. The van der Waals surface area contributed by atoms with Gasteiger partial charge in [-0.25, -0.2) is 0 Å². The van der Waals surface area contributed by atoms with Crippen LogP contribution in [0.4, 0.5) is 5.69 Å². The minimum absolute atomic E-state index is 0.0937. The van der Waals surface area contributed by atoms with Gasteiger partial charge < -0.3 is 15.0 Å². The molecule has 1 fully saturated rings. The van der Waals surface area contributed by atoms with E-state index in [1.165, 1.54) is 0 Å². The summed E-state index contributed by atoms with van der Waals surface area (Å²) in [5.74, 6) is 1.54. The van der Waals surface area contributed by atoms with Crippen LogP contribution in [0.5, 0.6) is 5.75 Å². The van der Waals surface area contributed by atoms with Crippen molar-refractivity contribution in [1.29, 1.82) is 0 Å². The van der Waals surface area contributed by atoms with E-state index in [0.717, 1.165) is 24.5 Å². The van der Waals surface area contributed by atoms with Crippen molar-refractivity contribution in [2.75, 3.05) is 31.1 Å². The van der Waals surface area contributed by atoms with Crippen LogP contribution < -0.4 is 15.0 Å². The maximum atomic E-state index is 12.6. The third kappa shape index (κ3) is 1.86. The van der Waals surface area contributed by atoms with Crippen LogP contribution in [0.2, 0.25) is 0 Å². The molecule has 0 aliphatic carbocycles. The lowest BCUT2D eigenvalue weighted by atomic mass is 9.96. The Balaban J connectivity index is 1.87. The summed E-state index contributed by atoms with van der Waals surface area (Å²) in [6.07, 6.45) is 0. The summed E-state index contributed by atoms with van der Waals surface area (Å²) in [4.78, 5) is 14.5. The van der Waals surface area contributed by atoms with Crippen LogP contribution in [0.25, 0.3) is 0 Å². The van der Waals surface area contributed by atoms with Crippen LogP contribution in [0, 0.1) is 11.8 Å². The largest absolute Gasteiger partial charge is 0.490 e. The number of carbonyl (C=O) groups excluding carboxylic acids is 1. The van der Waals surface area contributed by atoms with E-state index in [9.17, 15) is 4.79 Å². The van der Waals surface area contributed by atoms with Crippen molar-refractivity contribution in [3.8, 4) is 5.75 Å². The third-order valence-corrected chi connectivity index (χ3v) is 3.83. The van der Waals surface area contributed by atoms with E-state index >= 15 is 0 Å². The first-order chi connectivity index (χ1) is 8.77. The zero-order valence-corrected chi connectivity index (χ0v) is 10.6. The highest BCUT2D eigenvalue weighted by Crippen LogP contribution is 2.33. The molecule has 0 bridgehead atoms. The molecule has 0 aromatic heterocycles. The smallest absolute Gasteiger partial charge is 0.231 e. The first-order valence-electron chi connectivity index (χ1n) is 6.51. The molecule has 4 nitrogen and oxygen atoms in total. The highest BCUT2D eigenvalue weighted by atomic mass is 16.5. The van der Waals surface area contributed by atoms with E-state index in [1.54, 1.807) is 0 Å². The predicted molar refractivity (Wildman–Crippen MR) is 69.8 cm³/mol. The Morgan fingerprint density at radius 1 is 1.39 bits per heavy atom. The van der Waals surface area contributed by atoms with Crippen LogP contribution in [0.15, 0.2) is 24.3 Å². The molecule has 2 atom stereocenters. The van der Waals surface area contributed by atoms with Crippen LogP contribution in [0.3, 0.4) is 0 Å². The molecule has 3 rings (SSSR count). The minimum atomic E-state index is 0.0937. The molecule has 18 heavy (non-hydrogen) atoms. The third-order valence-electron chi connectivity index (χ3n) is 3.83. The topological polar surface area (TPSA) is 41.6 Å². The minimum Gasteiger partial charge on any atom is -0.490 e. The van der Waals surface area contributed by atoms with Crippen molar-refractivity contribution in [3.63, 3.8) is 0 Å². The number of ether oxygens (including phenoxy) is 1. The first-order valence-corrected chi connectivity index (χ1v) is 6.51. The second-order valence-corrected chi connectivity index (χ2v) is 5.05. The molecule has 1 saturated heterocycles. The summed E-state index contributed by atoms with van der Waals surface area (Å²) in [5.41, 5.74) is 0.910. The summed E-state index contributed by atoms with van der Waals surface area (Å²) < 4.78 is 5.58. The van der Waals surface area contributed by atoms with Crippen molar-refractivity contribution in [3.05, 3.63) is 24.3 Å². The molecule has 1 aromatic carbocycles. The number of para-hydroxylation sites is 2. The molecule has 4 heteroatoms. The molecule has 0 saturated carbocycles. The van der Waals surface area contributed by atoms with Gasteiger partial charge in [-0.1, -0.05) is 19.1 Å². The van der Waals surface area contributed by atoms with E-state index in [0.29, 0.717) is 19.1 Å². The molecule has 2 aliphatic heterocycles. The molecule has 2 heterocycles. The maximum absolute atomic E-state index is 12.6. The Kier molecular flexibility index (Phi) is 2.96. The number of hydrogen-bond acceptors (Lipinski definition) is 3. The van der Waals surface area contributed by atoms with Gasteiger partial charge in [0.25, 0.3) is 0 Å². The lowest BCUT2D eigenvalue weighted by Crippen LogP contribution is -2.43. The Bertz CT molecular complexity index is 461. The maximum Gasteiger partial charge on any atom is 0.231 e. The van der Waals surface area contributed by atoms with Crippen molar-refractivity contribution >= 4 is 11.6 Å². The fourth-order valence-electron chi connectivity index (χ4n) is 2.74. The zero-order valence-electron chi connectivity index (χ0n) is 10.6. The number of rotatable bonds is 1. The fraction of sp³-hybridized carbons (Fsp3) is 0.500. The number of fused-ring (bicyclic) bond motifs is 1. The van der Waals surface area contributed by atoms with E-state index in [4.69, 9.17) is 4.74 Å². The number of anilines is 1. The van der Waals surface area contributed by atoms with E-state index in [2.05, 4.69) is 12.2 Å². The van der Waals surface area contributed by atoms with Crippen LogP contribution in [0.1, 0.15) is 6.92 Å². The number of carbonyl (C=O) groups is 1. The summed E-state index contributed by atoms with van der Waals surface area (Å²) in [6.45, 7) is 5.09. The zero-order chi connectivity index (χ0) is 12.5. The normalized spacial score (nSPS) is 26.6. The lowest BCUT2D eigenvalue weighted by Gasteiger charge is -2.32. The molecular weight excluding hydrogens is 228 g/mol. The van der Waals surface area contributed by atoms with Gasteiger partial charge in [-0.15, -0.1) is 0 Å². The number of nitrogens with one attached hydrogen (secondary N) is 1. The average Bonchev–Trinajstić information content (AvgIpc) is 2.83. The van der Waals surface area contributed by atoms with Gasteiger partial charge in [0, 0.05) is 6.54 Å². The second kappa shape index (κ2) is 4.61. The quantitative estimate of drug-likeness (QED) is 0.811. The Hall–Kier alpha value is -1.55. The number of amides is 1. The highest BCUT2D eigenvalue weighted by Gasteiger charge is 2.35. The van der Waals surface area contributed by atoms with E-state index < -0.39 is 0 Å². The van der Waals surface area contributed by atoms with Crippen LogP contribution >= 0.6 is 0 Å². The number of hydrogen-bond donors (Lipinski definition) is 1. The number of benzene rings is 1. The van der Waals surface area contributed by atoms with Crippen molar-refractivity contribution in [2.24, 2.45) is 11.8 Å². The molecule has 0 radical (unpaired) electrons. The summed E-state index contributed by atoms with van der Waals surface area (Å²) >= 11 is 0. The predicted octanol–water partition coefficient (Wildman–Crippen LogP) is 1.27. The van der Waals surface area contributed by atoms with E-state index in [1.807, 2.05) is 29.2 Å². The van der Waals surface area contributed by atoms with Gasteiger partial charge in [0.1, 0.15) is 12.4 Å². The Morgan fingerprint density at radius 3 is 3.00 bits per heavy atom. The molecule has 2 aliphatic rings. The van der Waals surface area contributed by atoms with E-state index in [-0.39, 0.29) is 11.8 Å². The molecular formula is C14H18N2O2. The fourth-order valence-corrected chi connectivity index (χ4v) is 2.74. The van der Waals surface area contributed by atoms with Gasteiger partial charge in [-0.2, -0.15) is 0 Å². The van der Waals surface area contributed by atoms with Crippen LogP contribution in [-0.4, -0.2) is 32.1 Å². The molecule has 96 valence electrons. The Labute approximate surface area is 107 Å². The van der Waals surface area contributed by atoms with Crippen molar-refractivity contribution < 1.29 is 9.53 Å². The average molecular weight is 246 g/mol. The summed E-state index contributed by atoms with van der Waals surface area (Å²) in [7, 11) is 0. The molecule has 1 N–H and O–H groups in total. The van der Waals surface area contributed by atoms with Gasteiger partial charge in [-0.3, -0.25) is 4.79 Å². The molecule has 1 amide bonds. The molecule has 0 unspecified atom stereocenters. The van der Waals surface area contributed by atoms with Crippen LogP contribution in [-0.2, 0) is 4.79 Å². The van der Waals surface area contributed by atoms with Crippen molar-refractivity contribution in [2.45, 2.75) is 6.92 Å². The molecule has 0 spiro atoms. The van der Waals surface area contributed by atoms with Gasteiger partial charge in [0.2, 0.25) is 5.91 Å². The summed E-state index contributed by atoms with van der Waals surface area (Å²) in [5, 5.41) is 3.29. The van der Waals surface area contributed by atoms with Gasteiger partial charge >= 0.3 is 0 Å². The van der Waals surface area contributed by atoms with Gasteiger partial charge in [0.15, 0.2) is 0 Å². The van der Waals surface area contributed by atoms with Gasteiger partial charge in [-0.05, 0) is 24.6 Å².